The van der Waals surface area contributed by atoms with Crippen molar-refractivity contribution in [1.82, 2.24) is 0 Å². The molecule has 3 rings (SSSR count). The minimum Gasteiger partial charge on any atom is -0.355 e. The van der Waals surface area contributed by atoms with E-state index in [1.165, 1.54) is 0 Å². The Hall–Kier alpha value is -0.240. The van der Waals surface area contributed by atoms with Gasteiger partial charge in [-0.25, -0.2) is 0 Å². The second-order valence-electron chi connectivity index (χ2n) is 6.00. The fourth-order valence-corrected chi connectivity index (χ4v) is 2.93. The van der Waals surface area contributed by atoms with Crippen molar-refractivity contribution in [3.8, 4) is 0 Å². The van der Waals surface area contributed by atoms with Gasteiger partial charge in [-0.15, -0.1) is 0 Å². The Morgan fingerprint density at radius 3 is 2.06 bits per heavy atom. The van der Waals surface area contributed by atoms with Crippen LogP contribution in [0.4, 0.5) is 0 Å². The quantitative estimate of drug-likeness (QED) is 0.696. The summed E-state index contributed by atoms with van der Waals surface area (Å²) in [5, 5.41) is 0. The number of ether oxygens (including phenoxy) is 5. The highest BCUT2D eigenvalue weighted by atomic mass is 16.9. The Bertz CT molecular complexity index is 345. The van der Waals surface area contributed by atoms with Gasteiger partial charge in [-0.2, -0.15) is 0 Å². The summed E-state index contributed by atoms with van der Waals surface area (Å²) in [6, 6.07) is 0. The first-order chi connectivity index (χ1) is 8.31. The van der Waals surface area contributed by atoms with Crippen LogP contribution in [0.15, 0.2) is 0 Å². The Kier molecular flexibility index (Phi) is 2.75. The Morgan fingerprint density at radius 2 is 1.39 bits per heavy atom. The van der Waals surface area contributed by atoms with E-state index in [0.717, 1.165) is 0 Å². The zero-order chi connectivity index (χ0) is 13.1. The zero-order valence-corrected chi connectivity index (χ0v) is 11.3. The molecule has 0 amide bonds. The first-order valence-corrected chi connectivity index (χ1v) is 6.47. The molecule has 3 aliphatic heterocycles. The monoisotopic (exact) mass is 260 g/mol. The normalized spacial score (nSPS) is 48.8. The summed E-state index contributed by atoms with van der Waals surface area (Å²) >= 11 is 0. The van der Waals surface area contributed by atoms with Crippen LogP contribution in [0.2, 0.25) is 0 Å². The topological polar surface area (TPSA) is 73.8 Å². The molecule has 104 valence electrons. The van der Waals surface area contributed by atoms with Crippen molar-refractivity contribution >= 4 is 0 Å². The minimum atomic E-state index is -0.647. The maximum absolute atomic E-state index is 5.96. The summed E-state index contributed by atoms with van der Waals surface area (Å²) < 4.78 is 29.4. The maximum atomic E-state index is 5.96. The number of hydrogen-bond acceptors (Lipinski definition) is 5. The molecule has 5 atom stereocenters. The molecule has 0 spiro atoms. The standard InChI is InChI=1S/C12H21NO5/c1-11(2)15-7-6(5-13)14-10-9(8(7)16-11)17-12(3,4)18-10/h6-10H,5,13H2,1-4H3/p+1/t6-,7+,8-,9-,10+/m1/s1. The minimum absolute atomic E-state index is 0.115. The summed E-state index contributed by atoms with van der Waals surface area (Å²) in [5.41, 5.74) is 3.91. The third kappa shape index (κ3) is 1.97. The SMILES string of the molecule is CC1(C)O[C@@H]2[C@@H](O1)[C@@H](C[NH3+])O[C@H]1OC(C)(C)O[C@@H]12. The van der Waals surface area contributed by atoms with Gasteiger partial charge in [0.05, 0.1) is 0 Å². The van der Waals surface area contributed by atoms with Crippen LogP contribution in [0.5, 0.6) is 0 Å². The predicted octanol–water partition coefficient (Wildman–Crippen LogP) is -0.375. The van der Waals surface area contributed by atoms with Crippen LogP contribution in [0.1, 0.15) is 27.7 Å². The number of quaternary nitrogens is 1. The van der Waals surface area contributed by atoms with E-state index in [4.69, 9.17) is 23.7 Å². The van der Waals surface area contributed by atoms with E-state index in [2.05, 4.69) is 5.73 Å². The van der Waals surface area contributed by atoms with E-state index in [1.54, 1.807) is 0 Å². The molecule has 3 aliphatic rings. The van der Waals surface area contributed by atoms with Crippen LogP contribution in [0.25, 0.3) is 0 Å². The molecule has 0 aromatic rings. The number of rotatable bonds is 1. The molecule has 18 heavy (non-hydrogen) atoms. The van der Waals surface area contributed by atoms with Crippen LogP contribution in [-0.4, -0.2) is 48.8 Å². The van der Waals surface area contributed by atoms with Crippen LogP contribution in [0, 0.1) is 0 Å². The van der Waals surface area contributed by atoms with E-state index in [0.29, 0.717) is 6.54 Å². The van der Waals surface area contributed by atoms with E-state index in [1.807, 2.05) is 27.7 Å². The predicted molar refractivity (Wildman–Crippen MR) is 60.3 cm³/mol. The highest BCUT2D eigenvalue weighted by Crippen LogP contribution is 2.43. The Labute approximate surface area is 107 Å². The van der Waals surface area contributed by atoms with Gasteiger partial charge >= 0.3 is 0 Å². The summed E-state index contributed by atoms with van der Waals surface area (Å²) in [6.07, 6.45) is -1.06. The van der Waals surface area contributed by atoms with Gasteiger partial charge < -0.3 is 29.4 Å². The highest BCUT2D eigenvalue weighted by Gasteiger charge is 2.60. The second kappa shape index (κ2) is 3.88. The molecule has 0 radical (unpaired) electrons. The van der Waals surface area contributed by atoms with Gasteiger partial charge in [0.2, 0.25) is 0 Å². The highest BCUT2D eigenvalue weighted by molar-refractivity contribution is 4.99. The smallest absolute Gasteiger partial charge is 0.190 e. The van der Waals surface area contributed by atoms with Gasteiger partial charge in [0, 0.05) is 0 Å². The molecule has 0 bridgehead atoms. The lowest BCUT2D eigenvalue weighted by molar-refractivity contribution is -0.404. The molecule has 0 unspecified atom stereocenters. The number of fused-ring (bicyclic) bond motifs is 3. The molecule has 0 saturated carbocycles. The lowest BCUT2D eigenvalue weighted by atomic mass is 9.99. The summed E-state index contributed by atoms with van der Waals surface area (Å²) in [5.74, 6) is -1.26. The third-order valence-electron chi connectivity index (χ3n) is 3.54. The fraction of sp³-hybridized carbons (Fsp3) is 1.00. The van der Waals surface area contributed by atoms with Crippen molar-refractivity contribution < 1.29 is 29.4 Å². The van der Waals surface area contributed by atoms with Crippen molar-refractivity contribution in [2.75, 3.05) is 6.54 Å². The van der Waals surface area contributed by atoms with Crippen molar-refractivity contribution in [2.24, 2.45) is 0 Å². The lowest BCUT2D eigenvalue weighted by Gasteiger charge is -2.35. The first-order valence-electron chi connectivity index (χ1n) is 6.47. The van der Waals surface area contributed by atoms with Gasteiger partial charge in [0.1, 0.15) is 31.0 Å². The van der Waals surface area contributed by atoms with Crippen molar-refractivity contribution in [3.05, 3.63) is 0 Å². The van der Waals surface area contributed by atoms with Crippen molar-refractivity contribution in [2.45, 2.75) is 70.0 Å². The van der Waals surface area contributed by atoms with Crippen LogP contribution in [0.3, 0.4) is 0 Å². The molecular weight excluding hydrogens is 238 g/mol. The summed E-state index contributed by atoms with van der Waals surface area (Å²) in [4.78, 5) is 0. The fourth-order valence-electron chi connectivity index (χ4n) is 2.93. The van der Waals surface area contributed by atoms with E-state index in [9.17, 15) is 0 Å². The molecule has 6 heteroatoms. The zero-order valence-electron chi connectivity index (χ0n) is 11.3. The van der Waals surface area contributed by atoms with E-state index >= 15 is 0 Å². The third-order valence-corrected chi connectivity index (χ3v) is 3.54. The van der Waals surface area contributed by atoms with Crippen molar-refractivity contribution in [1.29, 1.82) is 0 Å². The molecule has 6 nitrogen and oxygen atoms in total. The van der Waals surface area contributed by atoms with Crippen LogP contribution in [-0.2, 0) is 23.7 Å². The molecular formula is C12H22NO5+. The lowest BCUT2D eigenvalue weighted by Crippen LogP contribution is -2.65. The first kappa shape index (κ1) is 12.8. The van der Waals surface area contributed by atoms with Crippen molar-refractivity contribution in [3.63, 3.8) is 0 Å². The maximum Gasteiger partial charge on any atom is 0.190 e. The van der Waals surface area contributed by atoms with Crippen LogP contribution >= 0.6 is 0 Å². The van der Waals surface area contributed by atoms with E-state index < -0.39 is 17.9 Å². The van der Waals surface area contributed by atoms with E-state index in [-0.39, 0.29) is 24.4 Å². The Morgan fingerprint density at radius 1 is 0.833 bits per heavy atom. The average Bonchev–Trinajstić information content (AvgIpc) is 2.71. The summed E-state index contributed by atoms with van der Waals surface area (Å²) in [7, 11) is 0. The van der Waals surface area contributed by atoms with Gasteiger partial charge in [-0.05, 0) is 27.7 Å². The molecule has 3 N–H and O–H groups in total. The average molecular weight is 260 g/mol. The number of hydrogen-bond donors (Lipinski definition) is 1. The molecule has 0 aromatic carbocycles. The largest absolute Gasteiger partial charge is 0.355 e. The summed E-state index contributed by atoms with van der Waals surface area (Å²) in [6.45, 7) is 8.18. The molecule has 0 aliphatic carbocycles. The van der Waals surface area contributed by atoms with Crippen LogP contribution < -0.4 is 5.73 Å². The molecule has 3 fully saturated rings. The molecule has 3 saturated heterocycles. The second-order valence-corrected chi connectivity index (χ2v) is 6.00. The Balaban J connectivity index is 1.86. The molecule has 3 heterocycles. The molecule has 0 aromatic heterocycles. The van der Waals surface area contributed by atoms with Gasteiger partial charge in [0.15, 0.2) is 17.9 Å². The van der Waals surface area contributed by atoms with Gasteiger partial charge in [-0.3, -0.25) is 0 Å². The van der Waals surface area contributed by atoms with Gasteiger partial charge in [0.25, 0.3) is 0 Å². The van der Waals surface area contributed by atoms with Gasteiger partial charge in [-0.1, -0.05) is 0 Å².